The number of rotatable bonds is 10. The Morgan fingerprint density at radius 1 is 1.09 bits per heavy atom. The standard InChI is InChI=1S/C26H35FN4O3/c1-19(2)18-34-24-9-5-20(6-10-24)15-29-26(33)31(16-21-3-7-22(27)8-4-21)23-11-13-30(14-12-23)17-25(28)32/h3-10,19,23H,11-18H2,1-2H3,(H2,28,32)(H,29,33). The fourth-order valence-corrected chi connectivity index (χ4v) is 4.01. The number of nitrogens with two attached hydrogens (primary N) is 1. The molecular weight excluding hydrogens is 435 g/mol. The van der Waals surface area contributed by atoms with E-state index in [-0.39, 0.29) is 30.3 Å². The first-order chi connectivity index (χ1) is 16.3. The average molecular weight is 471 g/mol. The number of benzene rings is 2. The van der Waals surface area contributed by atoms with Gasteiger partial charge < -0.3 is 20.7 Å². The first-order valence-corrected chi connectivity index (χ1v) is 11.8. The van der Waals surface area contributed by atoms with Crippen molar-refractivity contribution in [2.45, 2.75) is 45.8 Å². The molecule has 1 aliphatic heterocycles. The van der Waals surface area contributed by atoms with Gasteiger partial charge in [0.1, 0.15) is 11.6 Å². The van der Waals surface area contributed by atoms with Crippen molar-refractivity contribution >= 4 is 11.9 Å². The predicted octanol–water partition coefficient (Wildman–Crippen LogP) is 3.52. The molecule has 34 heavy (non-hydrogen) atoms. The molecule has 7 nitrogen and oxygen atoms in total. The van der Waals surface area contributed by atoms with Crippen LogP contribution < -0.4 is 15.8 Å². The monoisotopic (exact) mass is 470 g/mol. The van der Waals surface area contributed by atoms with Crippen LogP contribution >= 0.6 is 0 Å². The number of piperidine rings is 1. The summed E-state index contributed by atoms with van der Waals surface area (Å²) in [5.74, 6) is 0.610. The molecule has 0 aliphatic carbocycles. The quantitative estimate of drug-likeness (QED) is 0.556. The van der Waals surface area contributed by atoms with Crippen molar-refractivity contribution in [1.29, 1.82) is 0 Å². The lowest BCUT2D eigenvalue weighted by atomic mass is 10.0. The van der Waals surface area contributed by atoms with Crippen molar-refractivity contribution < 1.29 is 18.7 Å². The Hall–Kier alpha value is -3.13. The van der Waals surface area contributed by atoms with Crippen LogP contribution in [-0.2, 0) is 17.9 Å². The SMILES string of the molecule is CC(C)COc1ccc(CNC(=O)N(Cc2ccc(F)cc2)C2CCN(CC(N)=O)CC2)cc1. The predicted molar refractivity (Wildman–Crippen MR) is 130 cm³/mol. The third-order valence-corrected chi connectivity index (χ3v) is 5.85. The fraction of sp³-hybridized carbons (Fsp3) is 0.462. The molecule has 0 aromatic heterocycles. The highest BCUT2D eigenvalue weighted by Crippen LogP contribution is 2.20. The molecule has 3 amide bonds. The van der Waals surface area contributed by atoms with Gasteiger partial charge in [0.2, 0.25) is 5.91 Å². The summed E-state index contributed by atoms with van der Waals surface area (Å²) in [6.45, 7) is 7.25. The Bertz CT molecular complexity index is 926. The Kier molecular flexibility index (Phi) is 9.27. The van der Waals surface area contributed by atoms with Crippen LogP contribution in [0.3, 0.4) is 0 Å². The second kappa shape index (κ2) is 12.4. The number of ether oxygens (including phenoxy) is 1. The van der Waals surface area contributed by atoms with E-state index in [4.69, 9.17) is 10.5 Å². The number of carbonyl (C=O) groups excluding carboxylic acids is 2. The molecule has 184 valence electrons. The van der Waals surface area contributed by atoms with Gasteiger partial charge in [-0.05, 0) is 54.2 Å². The Balaban J connectivity index is 1.62. The number of carbonyl (C=O) groups is 2. The van der Waals surface area contributed by atoms with Crippen LogP contribution in [-0.4, -0.2) is 54.0 Å². The maximum atomic E-state index is 13.4. The summed E-state index contributed by atoms with van der Waals surface area (Å²) in [7, 11) is 0. The lowest BCUT2D eigenvalue weighted by Crippen LogP contribution is -2.51. The number of nitrogens with zero attached hydrogens (tertiary/aromatic N) is 2. The smallest absolute Gasteiger partial charge is 0.318 e. The normalized spacial score (nSPS) is 14.7. The summed E-state index contributed by atoms with van der Waals surface area (Å²) in [5.41, 5.74) is 7.16. The molecule has 0 bridgehead atoms. The van der Waals surface area contributed by atoms with E-state index in [2.05, 4.69) is 19.2 Å². The molecule has 3 N–H and O–H groups in total. The van der Waals surface area contributed by atoms with E-state index < -0.39 is 0 Å². The van der Waals surface area contributed by atoms with Crippen molar-refractivity contribution in [2.24, 2.45) is 11.7 Å². The van der Waals surface area contributed by atoms with E-state index in [9.17, 15) is 14.0 Å². The molecule has 1 fully saturated rings. The van der Waals surface area contributed by atoms with Crippen molar-refractivity contribution in [3.63, 3.8) is 0 Å². The number of nitrogens with one attached hydrogen (secondary N) is 1. The van der Waals surface area contributed by atoms with Crippen LogP contribution in [0.15, 0.2) is 48.5 Å². The molecular formula is C26H35FN4O3. The number of urea groups is 1. The highest BCUT2D eigenvalue weighted by atomic mass is 19.1. The van der Waals surface area contributed by atoms with Gasteiger partial charge in [0.15, 0.2) is 0 Å². The molecule has 0 atom stereocenters. The second-order valence-corrected chi connectivity index (χ2v) is 9.24. The lowest BCUT2D eigenvalue weighted by molar-refractivity contribution is -0.119. The third-order valence-electron chi connectivity index (χ3n) is 5.85. The Morgan fingerprint density at radius 2 is 1.71 bits per heavy atom. The highest BCUT2D eigenvalue weighted by molar-refractivity contribution is 5.76. The number of hydrogen-bond donors (Lipinski definition) is 2. The van der Waals surface area contributed by atoms with E-state index in [1.807, 2.05) is 34.1 Å². The fourth-order valence-electron chi connectivity index (χ4n) is 4.01. The zero-order valence-electron chi connectivity index (χ0n) is 20.0. The van der Waals surface area contributed by atoms with Crippen LogP contribution in [0.5, 0.6) is 5.75 Å². The van der Waals surface area contributed by atoms with Gasteiger partial charge in [0, 0.05) is 32.2 Å². The minimum Gasteiger partial charge on any atom is -0.493 e. The van der Waals surface area contributed by atoms with E-state index in [0.717, 1.165) is 29.7 Å². The molecule has 1 heterocycles. The van der Waals surface area contributed by atoms with Crippen LogP contribution in [0.4, 0.5) is 9.18 Å². The van der Waals surface area contributed by atoms with E-state index in [1.165, 1.54) is 12.1 Å². The van der Waals surface area contributed by atoms with E-state index in [1.54, 1.807) is 12.1 Å². The second-order valence-electron chi connectivity index (χ2n) is 9.24. The molecule has 0 saturated carbocycles. The van der Waals surface area contributed by atoms with Crippen molar-refractivity contribution in [2.75, 3.05) is 26.2 Å². The van der Waals surface area contributed by atoms with Gasteiger partial charge in [-0.25, -0.2) is 9.18 Å². The van der Waals surface area contributed by atoms with E-state index >= 15 is 0 Å². The summed E-state index contributed by atoms with van der Waals surface area (Å²) >= 11 is 0. The summed E-state index contributed by atoms with van der Waals surface area (Å²) < 4.78 is 19.1. The van der Waals surface area contributed by atoms with Crippen LogP contribution in [0.25, 0.3) is 0 Å². The zero-order valence-corrected chi connectivity index (χ0v) is 20.0. The Labute approximate surface area is 201 Å². The van der Waals surface area contributed by atoms with E-state index in [0.29, 0.717) is 38.7 Å². The maximum Gasteiger partial charge on any atom is 0.318 e. The zero-order chi connectivity index (χ0) is 24.5. The van der Waals surface area contributed by atoms with Crippen molar-refractivity contribution in [3.05, 3.63) is 65.5 Å². The Morgan fingerprint density at radius 3 is 2.29 bits per heavy atom. The molecule has 0 unspecified atom stereocenters. The number of amides is 3. The number of primary amides is 1. The summed E-state index contributed by atoms with van der Waals surface area (Å²) in [6.07, 6.45) is 1.48. The number of likely N-dealkylation sites (tertiary alicyclic amines) is 1. The first-order valence-electron chi connectivity index (χ1n) is 11.8. The van der Waals surface area contributed by atoms with Gasteiger partial charge in [-0.1, -0.05) is 38.1 Å². The molecule has 8 heteroatoms. The molecule has 2 aromatic carbocycles. The third kappa shape index (κ3) is 8.02. The molecule has 0 spiro atoms. The number of halogens is 1. The molecule has 0 radical (unpaired) electrons. The van der Waals surface area contributed by atoms with Crippen LogP contribution in [0, 0.1) is 11.7 Å². The summed E-state index contributed by atoms with van der Waals surface area (Å²) in [5, 5.41) is 3.03. The maximum absolute atomic E-state index is 13.4. The topological polar surface area (TPSA) is 87.9 Å². The van der Waals surface area contributed by atoms with Gasteiger partial charge in [-0.2, -0.15) is 0 Å². The summed E-state index contributed by atoms with van der Waals surface area (Å²) in [4.78, 5) is 28.3. The first kappa shape index (κ1) is 25.5. The van der Waals surface area contributed by atoms with Crippen molar-refractivity contribution in [1.82, 2.24) is 15.1 Å². The molecule has 2 aromatic rings. The summed E-state index contributed by atoms with van der Waals surface area (Å²) in [6, 6.07) is 13.8. The van der Waals surface area contributed by atoms with Gasteiger partial charge in [0.05, 0.1) is 13.2 Å². The van der Waals surface area contributed by atoms with Crippen molar-refractivity contribution in [3.8, 4) is 5.75 Å². The highest BCUT2D eigenvalue weighted by Gasteiger charge is 2.28. The lowest BCUT2D eigenvalue weighted by Gasteiger charge is -2.38. The molecule has 1 saturated heterocycles. The largest absolute Gasteiger partial charge is 0.493 e. The average Bonchev–Trinajstić information content (AvgIpc) is 2.82. The van der Waals surface area contributed by atoms with Gasteiger partial charge in [-0.3, -0.25) is 9.69 Å². The minimum absolute atomic E-state index is 0.0148. The van der Waals surface area contributed by atoms with Crippen LogP contribution in [0.2, 0.25) is 0 Å². The van der Waals surface area contributed by atoms with Crippen LogP contribution in [0.1, 0.15) is 37.8 Å². The number of hydrogen-bond acceptors (Lipinski definition) is 4. The minimum atomic E-state index is -0.347. The van der Waals surface area contributed by atoms with Gasteiger partial charge in [0.25, 0.3) is 0 Å². The molecule has 3 rings (SSSR count). The molecule has 1 aliphatic rings. The van der Waals surface area contributed by atoms with Gasteiger partial charge >= 0.3 is 6.03 Å². The van der Waals surface area contributed by atoms with Gasteiger partial charge in [-0.15, -0.1) is 0 Å².